The van der Waals surface area contributed by atoms with Crippen LogP contribution in [0.1, 0.15) is 0 Å². The fourth-order valence-electron chi connectivity index (χ4n) is 1.20. The standard InChI is InChI=1S/C10H8ClN3/c11-10-9(13-4-5-14-10)7-2-1-3-8(12)6-7/h1-6H,12H2. The van der Waals surface area contributed by atoms with Crippen LogP contribution in [-0.4, -0.2) is 9.97 Å². The lowest BCUT2D eigenvalue weighted by Crippen LogP contribution is -1.89. The Kier molecular flexibility index (Phi) is 2.33. The highest BCUT2D eigenvalue weighted by Gasteiger charge is 2.04. The van der Waals surface area contributed by atoms with Crippen LogP contribution in [-0.2, 0) is 0 Å². The predicted octanol–water partition coefficient (Wildman–Crippen LogP) is 2.38. The Balaban J connectivity index is 2.55. The molecule has 0 aliphatic rings. The van der Waals surface area contributed by atoms with E-state index in [9.17, 15) is 0 Å². The van der Waals surface area contributed by atoms with Crippen molar-refractivity contribution in [2.24, 2.45) is 0 Å². The van der Waals surface area contributed by atoms with Crippen molar-refractivity contribution < 1.29 is 0 Å². The van der Waals surface area contributed by atoms with Gasteiger partial charge in [-0.05, 0) is 12.1 Å². The van der Waals surface area contributed by atoms with E-state index in [0.717, 1.165) is 5.56 Å². The highest BCUT2D eigenvalue weighted by molar-refractivity contribution is 6.31. The number of nitrogens with zero attached hydrogens (tertiary/aromatic N) is 2. The van der Waals surface area contributed by atoms with E-state index in [-0.39, 0.29) is 0 Å². The number of benzene rings is 1. The van der Waals surface area contributed by atoms with E-state index in [1.165, 1.54) is 0 Å². The summed E-state index contributed by atoms with van der Waals surface area (Å²) in [6, 6.07) is 7.38. The summed E-state index contributed by atoms with van der Waals surface area (Å²) >= 11 is 5.90. The normalized spacial score (nSPS) is 10.1. The number of aromatic nitrogens is 2. The molecule has 0 radical (unpaired) electrons. The number of halogens is 1. The van der Waals surface area contributed by atoms with Crippen LogP contribution in [0.2, 0.25) is 5.15 Å². The van der Waals surface area contributed by atoms with E-state index in [4.69, 9.17) is 17.3 Å². The number of hydrogen-bond acceptors (Lipinski definition) is 3. The molecule has 14 heavy (non-hydrogen) atoms. The molecule has 0 saturated carbocycles. The molecule has 0 bridgehead atoms. The summed E-state index contributed by atoms with van der Waals surface area (Å²) in [6.07, 6.45) is 3.16. The number of nitrogens with two attached hydrogens (primary N) is 1. The van der Waals surface area contributed by atoms with E-state index < -0.39 is 0 Å². The average molecular weight is 206 g/mol. The van der Waals surface area contributed by atoms with Gasteiger partial charge in [0.15, 0.2) is 5.15 Å². The Labute approximate surface area is 86.6 Å². The van der Waals surface area contributed by atoms with Crippen LogP contribution in [0.4, 0.5) is 5.69 Å². The highest BCUT2D eigenvalue weighted by atomic mass is 35.5. The monoisotopic (exact) mass is 205 g/mol. The average Bonchev–Trinajstić information content (AvgIpc) is 2.18. The van der Waals surface area contributed by atoms with Gasteiger partial charge in [0.05, 0.1) is 0 Å². The minimum Gasteiger partial charge on any atom is -0.399 e. The molecule has 0 atom stereocenters. The van der Waals surface area contributed by atoms with Crippen molar-refractivity contribution >= 4 is 17.3 Å². The molecule has 1 heterocycles. The van der Waals surface area contributed by atoms with Crippen LogP contribution in [0.25, 0.3) is 11.3 Å². The maximum Gasteiger partial charge on any atom is 0.155 e. The number of rotatable bonds is 1. The summed E-state index contributed by atoms with van der Waals surface area (Å²) in [4.78, 5) is 8.09. The van der Waals surface area contributed by atoms with Gasteiger partial charge in [0.2, 0.25) is 0 Å². The van der Waals surface area contributed by atoms with Gasteiger partial charge < -0.3 is 5.73 Å². The van der Waals surface area contributed by atoms with Crippen molar-refractivity contribution in [3.63, 3.8) is 0 Å². The maximum atomic E-state index is 5.90. The molecule has 0 amide bonds. The van der Waals surface area contributed by atoms with E-state index in [1.54, 1.807) is 12.4 Å². The molecule has 1 aromatic heterocycles. The maximum absolute atomic E-state index is 5.90. The largest absolute Gasteiger partial charge is 0.399 e. The van der Waals surface area contributed by atoms with Crippen molar-refractivity contribution in [1.29, 1.82) is 0 Å². The van der Waals surface area contributed by atoms with Crippen LogP contribution in [0.15, 0.2) is 36.7 Å². The summed E-state index contributed by atoms with van der Waals surface area (Å²) in [5.74, 6) is 0. The van der Waals surface area contributed by atoms with Crippen molar-refractivity contribution in [2.45, 2.75) is 0 Å². The van der Waals surface area contributed by atoms with Crippen LogP contribution < -0.4 is 5.73 Å². The molecule has 70 valence electrons. The van der Waals surface area contributed by atoms with Crippen LogP contribution in [0.5, 0.6) is 0 Å². The second-order valence-corrected chi connectivity index (χ2v) is 3.18. The third-order valence-corrected chi connectivity index (χ3v) is 2.09. The zero-order chi connectivity index (χ0) is 9.97. The second-order valence-electron chi connectivity index (χ2n) is 2.82. The minimum atomic E-state index is 0.387. The van der Waals surface area contributed by atoms with Gasteiger partial charge in [-0.2, -0.15) is 0 Å². The minimum absolute atomic E-state index is 0.387. The summed E-state index contributed by atoms with van der Waals surface area (Å²) in [5, 5.41) is 0.387. The molecule has 0 aliphatic heterocycles. The molecule has 3 nitrogen and oxygen atoms in total. The molecule has 2 N–H and O–H groups in total. The van der Waals surface area contributed by atoms with Crippen molar-refractivity contribution in [3.05, 3.63) is 41.8 Å². The Morgan fingerprint density at radius 3 is 2.64 bits per heavy atom. The lowest BCUT2D eigenvalue weighted by Gasteiger charge is -2.02. The van der Waals surface area contributed by atoms with E-state index in [1.807, 2.05) is 24.3 Å². The first-order valence-corrected chi connectivity index (χ1v) is 4.47. The molecule has 0 fully saturated rings. The third-order valence-electron chi connectivity index (χ3n) is 1.81. The third kappa shape index (κ3) is 1.67. The van der Waals surface area contributed by atoms with Gasteiger partial charge >= 0.3 is 0 Å². The molecule has 0 saturated heterocycles. The van der Waals surface area contributed by atoms with Gasteiger partial charge in [-0.3, -0.25) is 4.98 Å². The van der Waals surface area contributed by atoms with Gasteiger partial charge in [-0.1, -0.05) is 23.7 Å². The fourth-order valence-corrected chi connectivity index (χ4v) is 1.41. The van der Waals surface area contributed by atoms with Crippen molar-refractivity contribution in [1.82, 2.24) is 9.97 Å². The molecule has 0 aliphatic carbocycles. The second kappa shape index (κ2) is 3.64. The molecule has 2 rings (SSSR count). The highest BCUT2D eigenvalue weighted by Crippen LogP contribution is 2.24. The molecule has 0 unspecified atom stereocenters. The van der Waals surface area contributed by atoms with Gasteiger partial charge in [0.1, 0.15) is 5.69 Å². The Hall–Kier alpha value is -1.61. The molecule has 2 aromatic rings. The first-order valence-electron chi connectivity index (χ1n) is 4.10. The first kappa shape index (κ1) is 8.97. The van der Waals surface area contributed by atoms with E-state index in [2.05, 4.69) is 9.97 Å². The summed E-state index contributed by atoms with van der Waals surface area (Å²) in [6.45, 7) is 0. The SMILES string of the molecule is Nc1cccc(-c2nccnc2Cl)c1. The zero-order valence-electron chi connectivity index (χ0n) is 7.31. The fraction of sp³-hybridized carbons (Fsp3) is 0. The molecule has 4 heteroatoms. The molecule has 1 aromatic carbocycles. The van der Waals surface area contributed by atoms with Gasteiger partial charge in [-0.15, -0.1) is 0 Å². The lowest BCUT2D eigenvalue weighted by atomic mass is 10.1. The number of nitrogen functional groups attached to an aromatic ring is 1. The Morgan fingerprint density at radius 2 is 1.93 bits per heavy atom. The molecular weight excluding hydrogens is 198 g/mol. The van der Waals surface area contributed by atoms with E-state index in [0.29, 0.717) is 16.5 Å². The molecular formula is C10H8ClN3. The molecule has 0 spiro atoms. The van der Waals surface area contributed by atoms with Gasteiger partial charge in [0.25, 0.3) is 0 Å². The summed E-state index contributed by atoms with van der Waals surface area (Å²) < 4.78 is 0. The lowest BCUT2D eigenvalue weighted by molar-refractivity contribution is 1.21. The van der Waals surface area contributed by atoms with Gasteiger partial charge in [-0.25, -0.2) is 4.98 Å². The van der Waals surface area contributed by atoms with Crippen LogP contribution >= 0.6 is 11.6 Å². The van der Waals surface area contributed by atoms with E-state index >= 15 is 0 Å². The summed E-state index contributed by atoms with van der Waals surface area (Å²) in [7, 11) is 0. The quantitative estimate of drug-likeness (QED) is 0.728. The number of anilines is 1. The smallest absolute Gasteiger partial charge is 0.155 e. The van der Waals surface area contributed by atoms with Crippen LogP contribution in [0, 0.1) is 0 Å². The Bertz CT molecular complexity index is 457. The van der Waals surface area contributed by atoms with Gasteiger partial charge in [0, 0.05) is 23.6 Å². The Morgan fingerprint density at radius 1 is 1.14 bits per heavy atom. The summed E-state index contributed by atoms with van der Waals surface area (Å²) in [5.41, 5.74) is 7.87. The van der Waals surface area contributed by atoms with Crippen LogP contribution in [0.3, 0.4) is 0 Å². The van der Waals surface area contributed by atoms with Crippen molar-refractivity contribution in [3.8, 4) is 11.3 Å². The van der Waals surface area contributed by atoms with Crippen molar-refractivity contribution in [2.75, 3.05) is 5.73 Å². The zero-order valence-corrected chi connectivity index (χ0v) is 8.07. The first-order chi connectivity index (χ1) is 6.77. The predicted molar refractivity (Wildman–Crippen MR) is 56.9 cm³/mol. The topological polar surface area (TPSA) is 51.8 Å². The number of hydrogen-bond donors (Lipinski definition) is 1.